The van der Waals surface area contributed by atoms with Gasteiger partial charge in [0.15, 0.2) is 11.0 Å². The topological polar surface area (TPSA) is 86.0 Å². The second kappa shape index (κ2) is 9.72. The molecule has 0 unspecified atom stereocenters. The Kier molecular flexibility index (Phi) is 6.36. The Morgan fingerprint density at radius 2 is 2.00 bits per heavy atom. The number of ether oxygens (including phenoxy) is 1. The Bertz CT molecular complexity index is 1250. The quantitative estimate of drug-likeness (QED) is 0.366. The van der Waals surface area contributed by atoms with Gasteiger partial charge < -0.3 is 9.64 Å². The van der Waals surface area contributed by atoms with E-state index in [0.29, 0.717) is 22.4 Å². The minimum atomic E-state index is 0.0241. The third-order valence-corrected chi connectivity index (χ3v) is 7.34. The number of amides is 1. The average molecular weight is 479 g/mol. The van der Waals surface area contributed by atoms with Crippen molar-refractivity contribution in [1.29, 1.82) is 0 Å². The van der Waals surface area contributed by atoms with Gasteiger partial charge in [-0.1, -0.05) is 23.9 Å². The van der Waals surface area contributed by atoms with E-state index in [9.17, 15) is 4.79 Å². The van der Waals surface area contributed by atoms with Crippen LogP contribution in [-0.2, 0) is 5.75 Å². The minimum absolute atomic E-state index is 0.0241. The van der Waals surface area contributed by atoms with Crippen LogP contribution in [0.3, 0.4) is 0 Å². The van der Waals surface area contributed by atoms with Crippen LogP contribution in [0.25, 0.3) is 17.1 Å². The zero-order valence-corrected chi connectivity index (χ0v) is 19.7. The SMILES string of the molecule is COc1ccccc1-n1c(SCc2nc(C(=O)N3CCCC3)cs2)nnc1-c1cccnc1. The van der Waals surface area contributed by atoms with Gasteiger partial charge in [-0.3, -0.25) is 14.3 Å². The van der Waals surface area contributed by atoms with Crippen LogP contribution in [-0.4, -0.2) is 55.7 Å². The highest BCUT2D eigenvalue weighted by Gasteiger charge is 2.23. The van der Waals surface area contributed by atoms with E-state index in [1.165, 1.54) is 23.1 Å². The zero-order valence-electron chi connectivity index (χ0n) is 18.0. The molecule has 8 nitrogen and oxygen atoms in total. The molecule has 5 rings (SSSR count). The molecule has 1 amide bonds. The Balaban J connectivity index is 1.43. The number of carbonyl (C=O) groups is 1. The number of carbonyl (C=O) groups excluding carboxylic acids is 1. The van der Waals surface area contributed by atoms with Gasteiger partial charge in [0.05, 0.1) is 18.6 Å². The molecule has 0 saturated carbocycles. The molecule has 33 heavy (non-hydrogen) atoms. The summed E-state index contributed by atoms with van der Waals surface area (Å²) in [6, 6.07) is 11.6. The predicted octanol–water partition coefficient (Wildman–Crippen LogP) is 4.32. The van der Waals surface area contributed by atoms with Gasteiger partial charge in [-0.05, 0) is 37.1 Å². The van der Waals surface area contributed by atoms with Gasteiger partial charge in [0.2, 0.25) is 0 Å². The lowest BCUT2D eigenvalue weighted by molar-refractivity contribution is 0.0787. The summed E-state index contributed by atoms with van der Waals surface area (Å²) in [7, 11) is 1.65. The predicted molar refractivity (Wildman–Crippen MR) is 128 cm³/mol. The fraction of sp³-hybridized carbons (Fsp3) is 0.261. The van der Waals surface area contributed by atoms with Crippen LogP contribution in [0, 0.1) is 0 Å². The van der Waals surface area contributed by atoms with E-state index in [0.717, 1.165) is 47.9 Å². The Morgan fingerprint density at radius 1 is 1.15 bits per heavy atom. The van der Waals surface area contributed by atoms with Crippen LogP contribution < -0.4 is 4.74 Å². The van der Waals surface area contributed by atoms with Crippen LogP contribution >= 0.6 is 23.1 Å². The molecular weight excluding hydrogens is 456 g/mol. The standard InChI is InChI=1S/C23H22N6O2S2/c1-31-19-9-3-2-8-18(19)29-21(16-7-6-10-24-13-16)26-27-23(29)33-15-20-25-17(14-32-20)22(30)28-11-4-5-12-28/h2-3,6-10,13-14H,4-5,11-12,15H2,1H3. The third kappa shape index (κ3) is 4.49. The lowest BCUT2D eigenvalue weighted by Gasteiger charge is -2.13. The second-order valence-electron chi connectivity index (χ2n) is 7.47. The molecular formula is C23H22N6O2S2. The average Bonchev–Trinajstić information content (AvgIpc) is 3.64. The number of aromatic nitrogens is 5. The largest absolute Gasteiger partial charge is 0.495 e. The van der Waals surface area contributed by atoms with Crippen molar-refractivity contribution >= 4 is 29.0 Å². The summed E-state index contributed by atoms with van der Waals surface area (Å²) in [5.74, 6) is 2.00. The first-order valence-electron chi connectivity index (χ1n) is 10.6. The van der Waals surface area contributed by atoms with Gasteiger partial charge in [-0.2, -0.15) is 0 Å². The number of hydrogen-bond acceptors (Lipinski definition) is 8. The Labute approximate surface area is 199 Å². The van der Waals surface area contributed by atoms with Gasteiger partial charge in [-0.15, -0.1) is 21.5 Å². The van der Waals surface area contributed by atoms with Gasteiger partial charge in [0, 0.05) is 36.4 Å². The van der Waals surface area contributed by atoms with Crippen LogP contribution in [0.4, 0.5) is 0 Å². The third-order valence-electron chi connectivity index (χ3n) is 5.37. The smallest absolute Gasteiger partial charge is 0.273 e. The number of thioether (sulfide) groups is 1. The zero-order chi connectivity index (χ0) is 22.6. The number of hydrogen-bond donors (Lipinski definition) is 0. The number of likely N-dealkylation sites (tertiary alicyclic amines) is 1. The van der Waals surface area contributed by atoms with Gasteiger partial charge >= 0.3 is 0 Å². The molecule has 0 radical (unpaired) electrons. The maximum Gasteiger partial charge on any atom is 0.273 e. The number of methoxy groups -OCH3 is 1. The number of benzene rings is 1. The van der Waals surface area contributed by atoms with Gasteiger partial charge in [0.1, 0.15) is 16.5 Å². The summed E-state index contributed by atoms with van der Waals surface area (Å²) in [6.45, 7) is 1.64. The summed E-state index contributed by atoms with van der Waals surface area (Å²) in [5, 5.41) is 12.3. The van der Waals surface area contributed by atoms with Crippen molar-refractivity contribution in [3.05, 3.63) is 64.9 Å². The number of para-hydroxylation sites is 2. The molecule has 1 fully saturated rings. The van der Waals surface area contributed by atoms with Crippen molar-refractivity contribution < 1.29 is 9.53 Å². The first-order valence-corrected chi connectivity index (χ1v) is 12.5. The number of thiazole rings is 1. The van der Waals surface area contributed by atoms with Gasteiger partial charge in [-0.25, -0.2) is 4.98 Å². The molecule has 4 aromatic rings. The summed E-state index contributed by atoms with van der Waals surface area (Å²) in [5.41, 5.74) is 2.23. The van der Waals surface area contributed by atoms with E-state index in [-0.39, 0.29) is 5.91 Å². The summed E-state index contributed by atoms with van der Waals surface area (Å²) >= 11 is 3.02. The number of nitrogens with zero attached hydrogens (tertiary/aromatic N) is 6. The minimum Gasteiger partial charge on any atom is -0.495 e. The maximum absolute atomic E-state index is 12.6. The van der Waals surface area contributed by atoms with Crippen LogP contribution in [0.15, 0.2) is 59.3 Å². The number of rotatable bonds is 7. The highest BCUT2D eigenvalue weighted by atomic mass is 32.2. The van der Waals surface area contributed by atoms with Crippen molar-refractivity contribution in [2.45, 2.75) is 23.8 Å². The molecule has 1 aliphatic rings. The Hall–Kier alpha value is -3.24. The van der Waals surface area contributed by atoms with Crippen molar-refractivity contribution in [3.8, 4) is 22.8 Å². The molecule has 0 spiro atoms. The number of pyridine rings is 1. The molecule has 0 N–H and O–H groups in total. The molecule has 1 aromatic carbocycles. The van der Waals surface area contributed by atoms with Crippen LogP contribution in [0.1, 0.15) is 28.3 Å². The summed E-state index contributed by atoms with van der Waals surface area (Å²) in [4.78, 5) is 23.3. The van der Waals surface area contributed by atoms with Crippen LogP contribution in [0.5, 0.6) is 5.75 Å². The molecule has 4 heterocycles. The van der Waals surface area contributed by atoms with Crippen molar-refractivity contribution in [1.82, 2.24) is 29.6 Å². The van der Waals surface area contributed by atoms with E-state index in [1.807, 2.05) is 51.2 Å². The van der Waals surface area contributed by atoms with Gasteiger partial charge in [0.25, 0.3) is 5.91 Å². The van der Waals surface area contributed by atoms with Crippen molar-refractivity contribution in [2.24, 2.45) is 0 Å². The molecule has 1 saturated heterocycles. The molecule has 0 atom stereocenters. The maximum atomic E-state index is 12.6. The van der Waals surface area contributed by atoms with E-state index in [4.69, 9.17) is 4.74 Å². The fourth-order valence-corrected chi connectivity index (χ4v) is 5.49. The summed E-state index contributed by atoms with van der Waals surface area (Å²) < 4.78 is 7.58. The molecule has 10 heteroatoms. The highest BCUT2D eigenvalue weighted by molar-refractivity contribution is 7.98. The molecule has 3 aromatic heterocycles. The van der Waals surface area contributed by atoms with E-state index in [2.05, 4.69) is 20.2 Å². The fourth-order valence-electron chi connectivity index (χ4n) is 3.76. The normalized spacial score (nSPS) is 13.4. The molecule has 0 aliphatic carbocycles. The van der Waals surface area contributed by atoms with E-state index < -0.39 is 0 Å². The molecule has 0 bridgehead atoms. The summed E-state index contributed by atoms with van der Waals surface area (Å²) in [6.07, 6.45) is 5.63. The second-order valence-corrected chi connectivity index (χ2v) is 9.35. The first kappa shape index (κ1) is 21.6. The lowest BCUT2D eigenvalue weighted by Crippen LogP contribution is -2.27. The highest BCUT2D eigenvalue weighted by Crippen LogP contribution is 2.33. The lowest BCUT2D eigenvalue weighted by atomic mass is 10.2. The van der Waals surface area contributed by atoms with Crippen LogP contribution in [0.2, 0.25) is 0 Å². The molecule has 168 valence electrons. The van der Waals surface area contributed by atoms with Crippen molar-refractivity contribution in [3.63, 3.8) is 0 Å². The first-order chi connectivity index (χ1) is 16.2. The van der Waals surface area contributed by atoms with E-state index in [1.54, 1.807) is 19.5 Å². The Morgan fingerprint density at radius 3 is 2.79 bits per heavy atom. The monoisotopic (exact) mass is 478 g/mol. The van der Waals surface area contributed by atoms with Crippen molar-refractivity contribution in [2.75, 3.05) is 20.2 Å². The molecule has 1 aliphatic heterocycles. The van der Waals surface area contributed by atoms with E-state index >= 15 is 0 Å².